The van der Waals surface area contributed by atoms with E-state index < -0.39 is 34.6 Å². The van der Waals surface area contributed by atoms with Crippen LogP contribution in [0.1, 0.15) is 75.9 Å². The fourth-order valence-corrected chi connectivity index (χ4v) is 8.18. The minimum absolute atomic E-state index is 0.0548. The molecule has 39 heavy (non-hydrogen) atoms. The number of aliphatic hydroxyl groups excluding tert-OH is 1. The normalized spacial score (nSPS) is 37.9. The van der Waals surface area contributed by atoms with Crippen LogP contribution in [0, 0.1) is 34.0 Å². The summed E-state index contributed by atoms with van der Waals surface area (Å²) >= 11 is 0. The minimum Gasteiger partial charge on any atom is -0.458 e. The van der Waals surface area contributed by atoms with Crippen LogP contribution in [0.4, 0.5) is 0 Å². The molecule has 2 bridgehead atoms. The molecule has 5 rings (SSSR count). The Morgan fingerprint density at radius 2 is 1.97 bits per heavy atom. The van der Waals surface area contributed by atoms with Gasteiger partial charge in [-0.1, -0.05) is 39.8 Å². The van der Waals surface area contributed by atoms with Crippen molar-refractivity contribution in [3.05, 3.63) is 77.0 Å². The molecule has 3 fully saturated rings. The standard InChI is InChI=1S/C32H40N2O5/c1-6-30(4)18-25(31(5)20(2)12-14-32(21(3)27(30)36)15-13-24(35)26(31)32)39-29(38)23-11-9-17-34(28(23)37)19-22-10-7-8-16-33-22/h6-11,16-17,20-21,25-27,36H,1,12-15,18-19H2,2-5H3/t20-,21+,25-,26?,27+,30-,31+,32?/m1/s1. The number of aliphatic hydroxyl groups is 1. The number of Topliss-reactive ketones (excluding diaryl/α,β-unsaturated/α-hetero) is 1. The Morgan fingerprint density at radius 1 is 1.21 bits per heavy atom. The molecule has 7 nitrogen and oxygen atoms in total. The van der Waals surface area contributed by atoms with Crippen LogP contribution in [0.5, 0.6) is 0 Å². The van der Waals surface area contributed by atoms with E-state index in [1.165, 1.54) is 10.6 Å². The van der Waals surface area contributed by atoms with Crippen molar-refractivity contribution in [1.82, 2.24) is 9.55 Å². The largest absolute Gasteiger partial charge is 0.458 e. The van der Waals surface area contributed by atoms with E-state index in [4.69, 9.17) is 4.74 Å². The average molecular weight is 533 g/mol. The molecule has 2 aromatic rings. The maximum Gasteiger partial charge on any atom is 0.344 e. The van der Waals surface area contributed by atoms with Gasteiger partial charge in [0.15, 0.2) is 0 Å². The van der Waals surface area contributed by atoms with Gasteiger partial charge in [0.2, 0.25) is 0 Å². The Labute approximate surface area is 230 Å². The molecule has 2 unspecified atom stereocenters. The lowest BCUT2D eigenvalue weighted by molar-refractivity contribution is -0.192. The van der Waals surface area contributed by atoms with Crippen LogP contribution in [-0.2, 0) is 16.1 Å². The van der Waals surface area contributed by atoms with E-state index in [1.54, 1.807) is 30.6 Å². The van der Waals surface area contributed by atoms with Crippen LogP contribution < -0.4 is 5.56 Å². The van der Waals surface area contributed by atoms with Crippen LogP contribution in [-0.4, -0.2) is 38.6 Å². The summed E-state index contributed by atoms with van der Waals surface area (Å²) in [5, 5.41) is 11.7. The third-order valence-corrected chi connectivity index (χ3v) is 10.8. The number of ether oxygens (including phenoxy) is 1. The summed E-state index contributed by atoms with van der Waals surface area (Å²) in [6, 6.07) is 8.63. The van der Waals surface area contributed by atoms with E-state index >= 15 is 0 Å². The van der Waals surface area contributed by atoms with Crippen LogP contribution in [0.15, 0.2) is 60.2 Å². The predicted octanol–water partition coefficient (Wildman–Crippen LogP) is 4.81. The van der Waals surface area contributed by atoms with Gasteiger partial charge in [-0.3, -0.25) is 14.6 Å². The van der Waals surface area contributed by atoms with E-state index in [2.05, 4.69) is 32.3 Å². The van der Waals surface area contributed by atoms with Crippen LogP contribution >= 0.6 is 0 Å². The number of carbonyl (C=O) groups is 2. The molecular formula is C32H40N2O5. The smallest absolute Gasteiger partial charge is 0.344 e. The van der Waals surface area contributed by atoms with Crippen molar-refractivity contribution in [1.29, 1.82) is 0 Å². The molecule has 0 spiro atoms. The molecule has 0 amide bonds. The molecule has 3 aliphatic rings. The number of ketones is 1. The van der Waals surface area contributed by atoms with Crippen molar-refractivity contribution in [2.75, 3.05) is 0 Å². The Morgan fingerprint density at radius 3 is 2.67 bits per heavy atom. The maximum absolute atomic E-state index is 13.7. The van der Waals surface area contributed by atoms with Gasteiger partial charge in [0.1, 0.15) is 17.5 Å². The first-order valence-corrected chi connectivity index (χ1v) is 14.1. The van der Waals surface area contributed by atoms with Crippen LogP contribution in [0.3, 0.4) is 0 Å². The van der Waals surface area contributed by atoms with E-state index in [0.29, 0.717) is 18.5 Å². The molecule has 0 aliphatic heterocycles. The zero-order chi connectivity index (χ0) is 28.2. The molecule has 0 aromatic carbocycles. The van der Waals surface area contributed by atoms with Crippen molar-refractivity contribution in [3.63, 3.8) is 0 Å². The van der Waals surface area contributed by atoms with Gasteiger partial charge in [0, 0.05) is 35.6 Å². The van der Waals surface area contributed by atoms with Gasteiger partial charge in [-0.05, 0) is 67.2 Å². The summed E-state index contributed by atoms with van der Waals surface area (Å²) in [4.78, 5) is 45.0. The fraction of sp³-hybridized carbons (Fsp3) is 0.562. The van der Waals surface area contributed by atoms with Gasteiger partial charge < -0.3 is 14.4 Å². The quantitative estimate of drug-likeness (QED) is 0.438. The number of esters is 1. The molecule has 2 aromatic heterocycles. The molecule has 0 radical (unpaired) electrons. The highest BCUT2D eigenvalue weighted by Gasteiger charge is 2.68. The number of carbonyl (C=O) groups excluding carboxylic acids is 2. The molecule has 208 valence electrons. The van der Waals surface area contributed by atoms with Crippen LogP contribution in [0.25, 0.3) is 0 Å². The first-order valence-electron chi connectivity index (χ1n) is 14.1. The summed E-state index contributed by atoms with van der Waals surface area (Å²) in [7, 11) is 0. The first kappa shape index (κ1) is 27.5. The van der Waals surface area contributed by atoms with Gasteiger partial charge in [0.25, 0.3) is 5.56 Å². The Kier molecular flexibility index (Phi) is 6.94. The first-order chi connectivity index (χ1) is 18.5. The van der Waals surface area contributed by atoms with E-state index in [1.807, 2.05) is 19.1 Å². The van der Waals surface area contributed by atoms with Gasteiger partial charge in [-0.15, -0.1) is 6.58 Å². The zero-order valence-electron chi connectivity index (χ0n) is 23.4. The van der Waals surface area contributed by atoms with Crippen molar-refractivity contribution >= 4 is 11.8 Å². The molecule has 1 N–H and O–H groups in total. The number of rotatable bonds is 5. The van der Waals surface area contributed by atoms with Gasteiger partial charge in [-0.25, -0.2) is 4.79 Å². The number of hydrogen-bond acceptors (Lipinski definition) is 6. The summed E-state index contributed by atoms with van der Waals surface area (Å²) in [6.45, 7) is 12.6. The second kappa shape index (κ2) is 9.84. The average Bonchev–Trinajstić information content (AvgIpc) is 3.28. The molecule has 3 aliphatic carbocycles. The fourth-order valence-electron chi connectivity index (χ4n) is 8.18. The molecule has 3 saturated carbocycles. The monoisotopic (exact) mass is 532 g/mol. The lowest BCUT2D eigenvalue weighted by Crippen LogP contribution is -2.63. The molecule has 0 saturated heterocycles. The number of aromatic nitrogens is 2. The van der Waals surface area contributed by atoms with E-state index in [9.17, 15) is 19.5 Å². The highest BCUT2D eigenvalue weighted by Crippen LogP contribution is 2.68. The summed E-state index contributed by atoms with van der Waals surface area (Å²) in [5.41, 5.74) is -1.53. The second-order valence-electron chi connectivity index (χ2n) is 12.7. The van der Waals surface area contributed by atoms with E-state index in [0.717, 1.165) is 19.3 Å². The summed E-state index contributed by atoms with van der Waals surface area (Å²) in [5.74, 6) is -0.812. The molecule has 7 heteroatoms. The van der Waals surface area contributed by atoms with Gasteiger partial charge in [-0.2, -0.15) is 0 Å². The molecule has 8 atom stereocenters. The predicted molar refractivity (Wildman–Crippen MR) is 148 cm³/mol. The summed E-state index contributed by atoms with van der Waals surface area (Å²) in [6.07, 6.45) is 6.94. The lowest BCUT2D eigenvalue weighted by Gasteiger charge is -2.61. The number of pyridine rings is 2. The topological polar surface area (TPSA) is 98.5 Å². The third-order valence-electron chi connectivity index (χ3n) is 10.8. The van der Waals surface area contributed by atoms with Crippen molar-refractivity contribution in [3.8, 4) is 0 Å². The highest BCUT2D eigenvalue weighted by atomic mass is 16.5. The SMILES string of the molecule is C=C[C@]1(C)C[C@@H](OC(=O)c2cccn(Cc3ccccn3)c2=O)[C@@]2(C)C3C(=O)CCC3(CC[C@H]2C)[C@@H](C)[C@@H]1O. The van der Waals surface area contributed by atoms with Crippen molar-refractivity contribution < 1.29 is 19.4 Å². The molecular weight excluding hydrogens is 492 g/mol. The maximum atomic E-state index is 13.7. The van der Waals surface area contributed by atoms with Gasteiger partial charge >= 0.3 is 5.97 Å². The van der Waals surface area contributed by atoms with Crippen LogP contribution in [0.2, 0.25) is 0 Å². The Bertz CT molecular complexity index is 1340. The third kappa shape index (κ3) is 4.21. The van der Waals surface area contributed by atoms with Gasteiger partial charge in [0.05, 0.1) is 18.3 Å². The molecule has 2 heterocycles. The Hall–Kier alpha value is -3.06. The van der Waals surface area contributed by atoms with Crippen molar-refractivity contribution in [2.45, 2.75) is 78.6 Å². The summed E-state index contributed by atoms with van der Waals surface area (Å²) < 4.78 is 7.76. The zero-order valence-corrected chi connectivity index (χ0v) is 23.4. The number of nitrogens with zero attached hydrogens (tertiary/aromatic N) is 2. The highest BCUT2D eigenvalue weighted by molar-refractivity contribution is 5.89. The lowest BCUT2D eigenvalue weighted by atomic mass is 9.44. The second-order valence-corrected chi connectivity index (χ2v) is 12.7. The van der Waals surface area contributed by atoms with E-state index in [-0.39, 0.29) is 41.1 Å². The minimum atomic E-state index is -0.741. The Balaban J connectivity index is 1.55. The van der Waals surface area contributed by atoms with Crippen molar-refractivity contribution in [2.24, 2.45) is 34.0 Å². The number of hydrogen-bond donors (Lipinski definition) is 1.